The molecule has 3 aliphatic rings. The van der Waals surface area contributed by atoms with Gasteiger partial charge in [0.2, 0.25) is 5.91 Å². The fourth-order valence-corrected chi connectivity index (χ4v) is 15.0. The van der Waals surface area contributed by atoms with Crippen molar-refractivity contribution in [3.8, 4) is 11.5 Å². The molecular formula is C81H70ClN11O12. The number of nitro groups is 2. The number of aromatic amines is 3. The number of methoxy groups -OCH3 is 2. The molecule has 3 aromatic heterocycles. The second-order valence-electron chi connectivity index (χ2n) is 26.0. The van der Waals surface area contributed by atoms with Gasteiger partial charge in [-0.3, -0.25) is 34.6 Å². The predicted octanol–water partition coefficient (Wildman–Crippen LogP) is 16.4. The molecule has 15 rings (SSSR count). The number of nitrogens with one attached hydrogen (secondary N) is 3. The Morgan fingerprint density at radius 2 is 1.03 bits per heavy atom. The second kappa shape index (κ2) is 29.1. The number of halogens is 1. The van der Waals surface area contributed by atoms with Crippen LogP contribution in [0.1, 0.15) is 89.7 Å². The summed E-state index contributed by atoms with van der Waals surface area (Å²) in [5.41, 5.74) is 12.8. The molecule has 0 spiro atoms. The summed E-state index contributed by atoms with van der Waals surface area (Å²) in [6.07, 6.45) is 3.54. The SMILES string of the molecule is COc1ccc(C(OCCCN(CCCC(=O)N2CCc3c2ccc2[nH]c(C(=O)N4CCc5c4ccc4[nH]c(C(=O)N6CCc7c6ccc6[nH]c(C(=O)OCCc8ccc([N+](=O)[O-])cc8)cc76)cc54)cc32)c2ccc(N=Nc3ccc([N+](=O)[O-])cc3Cl)cc2)(c2ccccc2)c2ccc(OC)cc2)cc1. The van der Waals surface area contributed by atoms with Crippen molar-refractivity contribution in [2.45, 2.75) is 50.5 Å². The number of fused-ring (bicyclic) bond motifs is 9. The van der Waals surface area contributed by atoms with Crippen LogP contribution in [0.4, 0.5) is 45.5 Å². The predicted molar refractivity (Wildman–Crippen MR) is 402 cm³/mol. The highest BCUT2D eigenvalue weighted by Gasteiger charge is 2.39. The topological polar surface area (TPSA) is 277 Å². The summed E-state index contributed by atoms with van der Waals surface area (Å²) in [5.74, 6) is 0.499. The summed E-state index contributed by atoms with van der Waals surface area (Å²) in [7, 11) is 3.28. The molecular weight excluding hydrogens is 1350 g/mol. The van der Waals surface area contributed by atoms with E-state index in [-0.39, 0.29) is 58.5 Å². The standard InChI is InChI=1S/C81H70ClN11O12/c1-102-58-24-13-52(14-25-58)81(51-8-4-3-5-9-51,53-15-26-59(103-2)27-16-53)105-44-7-40-88(55-21-17-54(18-22-55)86-87-70-28-23-57(93(100)101)46-66(70)82)39-6-10-77(94)89-41-35-60-63-47-71(83-67(63)29-32-74(60)89)78(95)90-42-36-61-64-48-72(84-68(64)30-33-75(61)90)79(96)91-43-37-62-65-49-73(85-69(65)31-34-76(62)91)80(97)104-45-38-50-11-19-56(20-12-50)92(98)99/h3-5,8-9,11-34,46-49,83-85H,6-7,10,35-45H2,1-2H3. The zero-order valence-electron chi connectivity index (χ0n) is 57.3. The van der Waals surface area contributed by atoms with E-state index in [9.17, 15) is 39.4 Å². The van der Waals surface area contributed by atoms with Crippen molar-refractivity contribution in [1.82, 2.24) is 15.0 Å². The number of nitro benzene ring substituents is 2. The number of H-pyrrole nitrogens is 3. The van der Waals surface area contributed by atoms with Crippen LogP contribution in [0, 0.1) is 20.2 Å². The second-order valence-corrected chi connectivity index (χ2v) is 26.5. The third kappa shape index (κ3) is 13.5. The molecule has 3 N–H and O–H groups in total. The molecule has 12 aromatic rings. The van der Waals surface area contributed by atoms with Gasteiger partial charge < -0.3 is 53.5 Å². The zero-order valence-corrected chi connectivity index (χ0v) is 58.1. The molecule has 0 atom stereocenters. The monoisotopic (exact) mass is 1420 g/mol. The lowest BCUT2D eigenvalue weighted by Gasteiger charge is -2.36. The minimum Gasteiger partial charge on any atom is -0.497 e. The maximum atomic E-state index is 14.7. The normalized spacial score (nSPS) is 13.2. The minimum atomic E-state index is -1.02. The molecule has 23 nitrogen and oxygen atoms in total. The van der Waals surface area contributed by atoms with Crippen LogP contribution >= 0.6 is 11.6 Å². The molecule has 3 aliphatic heterocycles. The summed E-state index contributed by atoms with van der Waals surface area (Å²) < 4.78 is 24.0. The van der Waals surface area contributed by atoms with Crippen molar-refractivity contribution in [3.05, 3.63) is 281 Å². The highest BCUT2D eigenvalue weighted by atomic mass is 35.5. The number of anilines is 4. The third-order valence-corrected chi connectivity index (χ3v) is 20.4. The van der Waals surface area contributed by atoms with Crippen molar-refractivity contribution >= 4 is 113 Å². The number of non-ortho nitro benzene ring substituents is 2. The smallest absolute Gasteiger partial charge is 0.354 e. The van der Waals surface area contributed by atoms with E-state index < -0.39 is 21.4 Å². The lowest BCUT2D eigenvalue weighted by atomic mass is 9.80. The Balaban J connectivity index is 0.612. The first-order chi connectivity index (χ1) is 51.1. The number of nitrogens with zero attached hydrogens (tertiary/aromatic N) is 8. The maximum absolute atomic E-state index is 14.7. The van der Waals surface area contributed by atoms with E-state index in [0.717, 1.165) is 94.4 Å². The number of esters is 1. The number of carbonyl (C=O) groups excluding carboxylic acids is 4. The number of hydrogen-bond donors (Lipinski definition) is 3. The highest BCUT2D eigenvalue weighted by Crippen LogP contribution is 2.44. The Kier molecular flexibility index (Phi) is 18.9. The summed E-state index contributed by atoms with van der Waals surface area (Å²) in [4.78, 5) is 95.8. The van der Waals surface area contributed by atoms with Crippen molar-refractivity contribution in [3.63, 3.8) is 0 Å². The Morgan fingerprint density at radius 3 is 1.56 bits per heavy atom. The molecule has 0 fully saturated rings. The average Bonchev–Trinajstić information content (AvgIpc) is 1.41. The number of benzene rings is 9. The van der Waals surface area contributed by atoms with Crippen LogP contribution in [0.5, 0.6) is 11.5 Å². The van der Waals surface area contributed by atoms with Gasteiger partial charge in [0.05, 0.1) is 48.0 Å². The first-order valence-corrected chi connectivity index (χ1v) is 35.0. The number of rotatable bonds is 25. The van der Waals surface area contributed by atoms with E-state index in [1.54, 1.807) is 42.2 Å². The van der Waals surface area contributed by atoms with E-state index >= 15 is 0 Å². The van der Waals surface area contributed by atoms with Crippen LogP contribution in [0.3, 0.4) is 0 Å². The lowest BCUT2D eigenvalue weighted by Crippen LogP contribution is -2.34. The molecule has 6 heterocycles. The van der Waals surface area contributed by atoms with E-state index in [1.807, 2.05) is 144 Å². The van der Waals surface area contributed by atoms with Crippen LogP contribution in [0.15, 0.2) is 210 Å². The zero-order chi connectivity index (χ0) is 72.5. The van der Waals surface area contributed by atoms with Crippen LogP contribution in [0.25, 0.3) is 32.7 Å². The molecule has 24 heteroatoms. The van der Waals surface area contributed by atoms with Crippen LogP contribution in [0.2, 0.25) is 5.02 Å². The molecule has 9 aromatic carbocycles. The molecule has 0 unspecified atom stereocenters. The van der Waals surface area contributed by atoms with Crippen LogP contribution in [-0.4, -0.2) is 109 Å². The van der Waals surface area contributed by atoms with Gasteiger partial charge in [-0.2, -0.15) is 5.11 Å². The van der Waals surface area contributed by atoms with Crippen molar-refractivity contribution in [2.75, 3.05) is 79.8 Å². The van der Waals surface area contributed by atoms with Gasteiger partial charge in [0, 0.05) is 125 Å². The molecule has 105 heavy (non-hydrogen) atoms. The molecule has 3 amide bonds. The van der Waals surface area contributed by atoms with Crippen LogP contribution < -0.4 is 29.1 Å². The number of hydrogen-bond acceptors (Lipinski definition) is 15. The van der Waals surface area contributed by atoms with Gasteiger partial charge in [-0.05, 0) is 180 Å². The Labute approximate surface area is 606 Å². The fourth-order valence-electron chi connectivity index (χ4n) is 14.8. The van der Waals surface area contributed by atoms with Crippen molar-refractivity contribution < 1.29 is 48.0 Å². The molecule has 0 aliphatic carbocycles. The number of ether oxygens (including phenoxy) is 4. The van der Waals surface area contributed by atoms with Crippen molar-refractivity contribution in [2.24, 2.45) is 10.2 Å². The minimum absolute atomic E-state index is 0.0116. The first kappa shape index (κ1) is 68.3. The summed E-state index contributed by atoms with van der Waals surface area (Å²) >= 11 is 6.35. The Morgan fingerprint density at radius 1 is 0.533 bits per heavy atom. The van der Waals surface area contributed by atoms with E-state index in [2.05, 4.69) is 42.2 Å². The Bertz CT molecular complexity index is 5340. The number of azo groups is 1. The van der Waals surface area contributed by atoms with Gasteiger partial charge in [-0.25, -0.2) is 4.79 Å². The number of carbonyl (C=O) groups is 4. The highest BCUT2D eigenvalue weighted by molar-refractivity contribution is 6.33. The van der Waals surface area contributed by atoms with Gasteiger partial charge in [-0.1, -0.05) is 78.3 Å². The van der Waals surface area contributed by atoms with Gasteiger partial charge in [0.25, 0.3) is 23.2 Å². The quantitative estimate of drug-likeness (QED) is 0.0120. The Hall–Kier alpha value is -12.5. The number of aromatic nitrogens is 3. The molecule has 0 saturated carbocycles. The van der Waals surface area contributed by atoms with E-state index in [1.165, 1.54) is 30.3 Å². The van der Waals surface area contributed by atoms with E-state index in [4.69, 9.17) is 30.5 Å². The fraction of sp³-hybridized carbons (Fsp3) is 0.210. The first-order valence-electron chi connectivity index (χ1n) is 34.6. The van der Waals surface area contributed by atoms with E-state index in [0.29, 0.717) is 106 Å². The van der Waals surface area contributed by atoms with Gasteiger partial charge in [0.15, 0.2) is 0 Å². The lowest BCUT2D eigenvalue weighted by molar-refractivity contribution is -0.385. The molecule has 0 radical (unpaired) electrons. The largest absolute Gasteiger partial charge is 0.497 e. The molecule has 0 bridgehead atoms. The summed E-state index contributed by atoms with van der Waals surface area (Å²) in [6.45, 7) is 2.88. The third-order valence-electron chi connectivity index (χ3n) is 20.1. The molecule has 0 saturated heterocycles. The van der Waals surface area contributed by atoms with Gasteiger partial charge in [0.1, 0.15) is 39.9 Å². The number of amides is 3. The average molecular weight is 1420 g/mol. The molecule has 528 valence electrons. The van der Waals surface area contributed by atoms with Crippen LogP contribution in [-0.2, 0) is 45.6 Å². The van der Waals surface area contributed by atoms with Crippen molar-refractivity contribution in [1.29, 1.82) is 0 Å². The summed E-state index contributed by atoms with van der Waals surface area (Å²) in [6, 6.07) is 60.7. The van der Waals surface area contributed by atoms with Gasteiger partial charge >= 0.3 is 5.97 Å². The summed E-state index contributed by atoms with van der Waals surface area (Å²) in [5, 5.41) is 33.7. The maximum Gasteiger partial charge on any atom is 0.354 e. The van der Waals surface area contributed by atoms with Gasteiger partial charge in [-0.15, -0.1) is 5.11 Å².